The Bertz CT molecular complexity index is 149. The van der Waals surface area contributed by atoms with Gasteiger partial charge >= 0.3 is 0 Å². The number of hydrogen-bond acceptors (Lipinski definition) is 3. The lowest BCUT2D eigenvalue weighted by atomic mass is 10.3. The Morgan fingerprint density at radius 2 is 2.55 bits per heavy atom. The first-order valence-electron chi connectivity index (χ1n) is 3.95. The van der Waals surface area contributed by atoms with Gasteiger partial charge in [-0.3, -0.25) is 9.63 Å². The summed E-state index contributed by atoms with van der Waals surface area (Å²) in [4.78, 5) is 16.2. The number of carbonyl (C=O) groups is 1. The molecule has 1 atom stereocenters. The molecule has 0 saturated carbocycles. The largest absolute Gasteiger partial charge is 0.320 e. The maximum absolute atomic E-state index is 11.1. The molecule has 1 unspecified atom stereocenters. The summed E-state index contributed by atoms with van der Waals surface area (Å²) < 4.78 is 0. The molecule has 0 bridgehead atoms. The first kappa shape index (κ1) is 8.49. The van der Waals surface area contributed by atoms with E-state index in [2.05, 4.69) is 0 Å². The van der Waals surface area contributed by atoms with E-state index in [-0.39, 0.29) is 11.9 Å². The summed E-state index contributed by atoms with van der Waals surface area (Å²) in [6, 6.07) is -0.341. The molecule has 64 valence electrons. The Balaban J connectivity index is 2.30. The second-order valence-corrected chi connectivity index (χ2v) is 2.67. The van der Waals surface area contributed by atoms with Gasteiger partial charge < -0.3 is 5.73 Å². The van der Waals surface area contributed by atoms with Crippen LogP contribution in [0.4, 0.5) is 0 Å². The van der Waals surface area contributed by atoms with E-state index in [1.54, 1.807) is 0 Å². The zero-order valence-electron chi connectivity index (χ0n) is 6.75. The van der Waals surface area contributed by atoms with E-state index in [1.807, 2.05) is 6.92 Å². The van der Waals surface area contributed by atoms with Crippen molar-refractivity contribution in [2.24, 2.45) is 5.73 Å². The van der Waals surface area contributed by atoms with Gasteiger partial charge in [0.2, 0.25) is 0 Å². The molecule has 4 heteroatoms. The van der Waals surface area contributed by atoms with Crippen molar-refractivity contribution in [3.05, 3.63) is 0 Å². The second-order valence-electron chi connectivity index (χ2n) is 2.67. The fraction of sp³-hybridized carbons (Fsp3) is 0.857. The molecule has 1 aliphatic rings. The van der Waals surface area contributed by atoms with E-state index in [9.17, 15) is 4.79 Å². The van der Waals surface area contributed by atoms with Crippen LogP contribution in [-0.2, 0) is 9.63 Å². The highest BCUT2D eigenvalue weighted by molar-refractivity contribution is 5.82. The Kier molecular flexibility index (Phi) is 2.84. The van der Waals surface area contributed by atoms with Crippen LogP contribution in [0.3, 0.4) is 0 Å². The first-order chi connectivity index (χ1) is 5.25. The molecule has 0 radical (unpaired) electrons. The quantitative estimate of drug-likeness (QED) is 0.623. The zero-order valence-corrected chi connectivity index (χ0v) is 6.75. The number of rotatable bonds is 3. The Hall–Kier alpha value is -0.610. The van der Waals surface area contributed by atoms with Gasteiger partial charge in [0.1, 0.15) is 0 Å². The summed E-state index contributed by atoms with van der Waals surface area (Å²) in [6.45, 7) is 3.24. The van der Waals surface area contributed by atoms with Crippen molar-refractivity contribution in [2.45, 2.75) is 25.8 Å². The van der Waals surface area contributed by atoms with E-state index in [0.29, 0.717) is 19.6 Å². The molecule has 1 fully saturated rings. The normalized spacial score (nSPS) is 24.7. The van der Waals surface area contributed by atoms with Crippen LogP contribution in [-0.4, -0.2) is 30.2 Å². The molecule has 2 N–H and O–H groups in total. The number of carbonyl (C=O) groups excluding carboxylic acids is 1. The van der Waals surface area contributed by atoms with E-state index < -0.39 is 0 Å². The predicted octanol–water partition coefficient (Wildman–Crippen LogP) is -0.112. The third-order valence-corrected chi connectivity index (χ3v) is 1.66. The molecule has 0 aromatic rings. The van der Waals surface area contributed by atoms with Gasteiger partial charge in [0.25, 0.3) is 5.91 Å². The average Bonchev–Trinajstić information content (AvgIpc) is 2.31. The lowest BCUT2D eigenvalue weighted by molar-refractivity contribution is -0.178. The van der Waals surface area contributed by atoms with Crippen LogP contribution >= 0.6 is 0 Å². The van der Waals surface area contributed by atoms with Gasteiger partial charge in [0.15, 0.2) is 0 Å². The number of hydrogen-bond donors (Lipinski definition) is 1. The highest BCUT2D eigenvalue weighted by atomic mass is 16.7. The minimum Gasteiger partial charge on any atom is -0.320 e. The number of amides is 1. The molecule has 11 heavy (non-hydrogen) atoms. The van der Waals surface area contributed by atoms with Crippen LogP contribution in [0.1, 0.15) is 19.8 Å². The Morgan fingerprint density at radius 3 is 3.00 bits per heavy atom. The molecule has 1 amide bonds. The molecular formula is C7H14N2O2. The summed E-state index contributed by atoms with van der Waals surface area (Å²) >= 11 is 0. The maximum atomic E-state index is 11.1. The van der Waals surface area contributed by atoms with Crippen molar-refractivity contribution in [1.82, 2.24) is 5.06 Å². The number of hydroxylamine groups is 2. The predicted molar refractivity (Wildman–Crippen MR) is 40.5 cm³/mol. The third-order valence-electron chi connectivity index (χ3n) is 1.66. The van der Waals surface area contributed by atoms with Crippen molar-refractivity contribution in [3.8, 4) is 0 Å². The van der Waals surface area contributed by atoms with E-state index in [0.717, 1.165) is 6.42 Å². The molecule has 1 aliphatic heterocycles. The molecule has 1 saturated heterocycles. The van der Waals surface area contributed by atoms with E-state index >= 15 is 0 Å². The van der Waals surface area contributed by atoms with Crippen LogP contribution in [0.25, 0.3) is 0 Å². The van der Waals surface area contributed by atoms with Gasteiger partial charge in [-0.05, 0) is 12.8 Å². The van der Waals surface area contributed by atoms with Crippen molar-refractivity contribution in [1.29, 1.82) is 0 Å². The molecule has 0 aromatic heterocycles. The Morgan fingerprint density at radius 1 is 1.82 bits per heavy atom. The van der Waals surface area contributed by atoms with Crippen LogP contribution < -0.4 is 5.73 Å². The summed E-state index contributed by atoms with van der Waals surface area (Å²) in [5.41, 5.74) is 5.47. The fourth-order valence-corrected chi connectivity index (χ4v) is 1.00. The number of nitrogens with two attached hydrogens (primary N) is 1. The standard InChI is InChI=1S/C7H14N2O2/c1-2-5-11-9-4-3-6(8)7(9)10/h6H,2-5,8H2,1H3. The molecule has 1 rings (SSSR count). The smallest absolute Gasteiger partial charge is 0.263 e. The van der Waals surface area contributed by atoms with Crippen molar-refractivity contribution >= 4 is 5.91 Å². The summed E-state index contributed by atoms with van der Waals surface area (Å²) in [5.74, 6) is -0.0848. The number of nitrogens with zero attached hydrogens (tertiary/aromatic N) is 1. The van der Waals surface area contributed by atoms with Crippen LogP contribution in [0.5, 0.6) is 0 Å². The Labute approximate surface area is 66.3 Å². The lowest BCUT2D eigenvalue weighted by Gasteiger charge is -2.14. The minimum absolute atomic E-state index is 0.0848. The minimum atomic E-state index is -0.341. The SMILES string of the molecule is CCCON1CCC(N)C1=O. The monoisotopic (exact) mass is 158 g/mol. The van der Waals surface area contributed by atoms with Crippen LogP contribution in [0, 0.1) is 0 Å². The van der Waals surface area contributed by atoms with Gasteiger partial charge in [-0.15, -0.1) is 0 Å². The van der Waals surface area contributed by atoms with Crippen molar-refractivity contribution in [3.63, 3.8) is 0 Å². The molecular weight excluding hydrogens is 144 g/mol. The van der Waals surface area contributed by atoms with Gasteiger partial charge in [0.05, 0.1) is 19.2 Å². The van der Waals surface area contributed by atoms with Crippen LogP contribution in [0.2, 0.25) is 0 Å². The van der Waals surface area contributed by atoms with Crippen molar-refractivity contribution < 1.29 is 9.63 Å². The topological polar surface area (TPSA) is 55.6 Å². The third kappa shape index (κ3) is 1.91. The van der Waals surface area contributed by atoms with Gasteiger partial charge in [-0.2, -0.15) is 0 Å². The summed E-state index contributed by atoms with van der Waals surface area (Å²) in [5, 5.41) is 1.37. The van der Waals surface area contributed by atoms with Crippen LogP contribution in [0.15, 0.2) is 0 Å². The molecule has 0 aromatic carbocycles. The van der Waals surface area contributed by atoms with Gasteiger partial charge in [0, 0.05) is 0 Å². The molecule has 4 nitrogen and oxygen atoms in total. The second kappa shape index (κ2) is 3.69. The highest BCUT2D eigenvalue weighted by Gasteiger charge is 2.28. The fourth-order valence-electron chi connectivity index (χ4n) is 1.00. The highest BCUT2D eigenvalue weighted by Crippen LogP contribution is 2.08. The lowest BCUT2D eigenvalue weighted by Crippen LogP contribution is -2.34. The summed E-state index contributed by atoms with van der Waals surface area (Å²) in [7, 11) is 0. The maximum Gasteiger partial charge on any atom is 0.263 e. The molecule has 0 aliphatic carbocycles. The van der Waals surface area contributed by atoms with E-state index in [1.165, 1.54) is 5.06 Å². The molecule has 0 spiro atoms. The summed E-state index contributed by atoms with van der Waals surface area (Å²) in [6.07, 6.45) is 1.63. The molecule has 1 heterocycles. The van der Waals surface area contributed by atoms with Crippen molar-refractivity contribution in [2.75, 3.05) is 13.2 Å². The average molecular weight is 158 g/mol. The van der Waals surface area contributed by atoms with Gasteiger partial charge in [-0.1, -0.05) is 6.92 Å². The van der Waals surface area contributed by atoms with E-state index in [4.69, 9.17) is 10.6 Å². The zero-order chi connectivity index (χ0) is 8.27. The first-order valence-corrected chi connectivity index (χ1v) is 3.95. The van der Waals surface area contributed by atoms with Gasteiger partial charge in [-0.25, -0.2) is 5.06 Å².